The summed E-state index contributed by atoms with van der Waals surface area (Å²) in [5.74, 6) is 0.119. The summed E-state index contributed by atoms with van der Waals surface area (Å²) in [6.45, 7) is 1.91. The Balaban J connectivity index is 0.00000176. The van der Waals surface area contributed by atoms with Gasteiger partial charge in [0.1, 0.15) is 22.9 Å². The third kappa shape index (κ3) is 3.11. The standard InChI is InChI=1S/C17H14N2O2.Fe/c1-11-6-8-15(20)14(10-11)18-19-17-13-5-3-2-4-12(13)7-9-16(17)21;/h2-10,20-21H,1H3;. The Kier molecular flexibility index (Phi) is 4.81. The third-order valence-corrected chi connectivity index (χ3v) is 3.27. The number of hydrogen-bond donors (Lipinski definition) is 2. The summed E-state index contributed by atoms with van der Waals surface area (Å²) in [5.41, 5.74) is 1.75. The summed E-state index contributed by atoms with van der Waals surface area (Å²) >= 11 is 0. The molecule has 0 heterocycles. The molecular formula is C17H14FeN2O2. The number of rotatable bonds is 2. The normalized spacial score (nSPS) is 10.8. The molecule has 0 spiro atoms. The van der Waals surface area contributed by atoms with E-state index < -0.39 is 0 Å². The first-order valence-electron chi connectivity index (χ1n) is 6.57. The van der Waals surface area contributed by atoms with Gasteiger partial charge >= 0.3 is 0 Å². The van der Waals surface area contributed by atoms with E-state index in [0.29, 0.717) is 11.4 Å². The van der Waals surface area contributed by atoms with Crippen molar-refractivity contribution >= 4 is 22.1 Å². The van der Waals surface area contributed by atoms with Gasteiger partial charge < -0.3 is 10.2 Å². The molecule has 112 valence electrons. The zero-order valence-electron chi connectivity index (χ0n) is 11.8. The van der Waals surface area contributed by atoms with Crippen LogP contribution in [0, 0.1) is 6.92 Å². The average molecular weight is 334 g/mol. The minimum absolute atomic E-state index is 0. The Morgan fingerprint density at radius 1 is 0.818 bits per heavy atom. The molecule has 3 aromatic carbocycles. The molecule has 0 saturated heterocycles. The maximum Gasteiger partial charge on any atom is 0.143 e. The smallest absolute Gasteiger partial charge is 0.143 e. The van der Waals surface area contributed by atoms with Crippen LogP contribution in [0.5, 0.6) is 11.5 Å². The molecular weight excluding hydrogens is 320 g/mol. The van der Waals surface area contributed by atoms with Crippen molar-refractivity contribution in [1.82, 2.24) is 0 Å². The quantitative estimate of drug-likeness (QED) is 0.513. The summed E-state index contributed by atoms with van der Waals surface area (Å²) in [5, 5.41) is 29.7. The van der Waals surface area contributed by atoms with Crippen LogP contribution in [0.3, 0.4) is 0 Å². The van der Waals surface area contributed by atoms with Gasteiger partial charge in [-0.05, 0) is 36.1 Å². The topological polar surface area (TPSA) is 65.2 Å². The molecule has 0 aliphatic carbocycles. The summed E-state index contributed by atoms with van der Waals surface area (Å²) < 4.78 is 0. The number of phenolic OH excluding ortho intramolecular Hbond substituents is 2. The van der Waals surface area contributed by atoms with Crippen LogP contribution in [-0.4, -0.2) is 10.2 Å². The second-order valence-electron chi connectivity index (χ2n) is 4.85. The molecule has 0 bridgehead atoms. The van der Waals surface area contributed by atoms with Crippen molar-refractivity contribution in [1.29, 1.82) is 0 Å². The third-order valence-electron chi connectivity index (χ3n) is 3.27. The van der Waals surface area contributed by atoms with Crippen molar-refractivity contribution in [2.45, 2.75) is 6.92 Å². The number of aromatic hydroxyl groups is 2. The van der Waals surface area contributed by atoms with Crippen LogP contribution >= 0.6 is 0 Å². The number of azo groups is 1. The van der Waals surface area contributed by atoms with Gasteiger partial charge in [-0.15, -0.1) is 10.2 Å². The molecule has 22 heavy (non-hydrogen) atoms. The minimum atomic E-state index is 0. The fourth-order valence-corrected chi connectivity index (χ4v) is 2.17. The van der Waals surface area contributed by atoms with Gasteiger partial charge in [0.15, 0.2) is 0 Å². The van der Waals surface area contributed by atoms with Gasteiger partial charge in [-0.25, -0.2) is 0 Å². The fourth-order valence-electron chi connectivity index (χ4n) is 2.17. The number of nitrogens with zero attached hydrogens (tertiary/aromatic N) is 2. The number of phenols is 2. The molecule has 0 saturated carbocycles. The van der Waals surface area contributed by atoms with E-state index in [4.69, 9.17) is 0 Å². The maximum absolute atomic E-state index is 9.99. The molecule has 0 radical (unpaired) electrons. The number of hydrogen-bond acceptors (Lipinski definition) is 4. The molecule has 0 amide bonds. The Morgan fingerprint density at radius 3 is 2.36 bits per heavy atom. The van der Waals surface area contributed by atoms with E-state index in [2.05, 4.69) is 10.2 Å². The second kappa shape index (κ2) is 6.60. The fraction of sp³-hybridized carbons (Fsp3) is 0.0588. The molecule has 3 rings (SSSR count). The molecule has 0 unspecified atom stereocenters. The predicted octanol–water partition coefficient (Wildman–Crippen LogP) is 4.97. The molecule has 5 heteroatoms. The Labute approximate surface area is 138 Å². The van der Waals surface area contributed by atoms with Gasteiger partial charge in [0, 0.05) is 22.5 Å². The minimum Gasteiger partial charge on any atom is -0.506 e. The molecule has 4 nitrogen and oxygen atoms in total. The summed E-state index contributed by atoms with van der Waals surface area (Å²) in [6.07, 6.45) is 0. The van der Waals surface area contributed by atoms with Crippen LogP contribution in [0.25, 0.3) is 10.8 Å². The maximum atomic E-state index is 9.99. The zero-order valence-corrected chi connectivity index (χ0v) is 12.9. The molecule has 0 aliphatic heterocycles. The van der Waals surface area contributed by atoms with E-state index in [0.717, 1.165) is 16.3 Å². The van der Waals surface area contributed by atoms with Crippen LogP contribution in [0.2, 0.25) is 0 Å². The monoisotopic (exact) mass is 334 g/mol. The molecule has 0 fully saturated rings. The van der Waals surface area contributed by atoms with Gasteiger partial charge in [-0.1, -0.05) is 36.4 Å². The van der Waals surface area contributed by atoms with Crippen molar-refractivity contribution in [3.05, 3.63) is 60.2 Å². The van der Waals surface area contributed by atoms with Crippen molar-refractivity contribution in [3.63, 3.8) is 0 Å². The molecule has 0 aromatic heterocycles. The van der Waals surface area contributed by atoms with E-state index in [1.807, 2.05) is 37.3 Å². The Hall–Kier alpha value is -2.36. The average Bonchev–Trinajstić information content (AvgIpc) is 2.49. The van der Waals surface area contributed by atoms with Crippen molar-refractivity contribution in [3.8, 4) is 11.5 Å². The first kappa shape index (κ1) is 16.0. The van der Waals surface area contributed by atoms with Crippen molar-refractivity contribution < 1.29 is 27.3 Å². The van der Waals surface area contributed by atoms with Crippen molar-refractivity contribution in [2.24, 2.45) is 10.2 Å². The number of benzene rings is 3. The number of fused-ring (bicyclic) bond motifs is 1. The SMILES string of the molecule is Cc1ccc(O)c(N=Nc2c(O)ccc3ccccc23)c1.[Fe]. The number of aryl methyl sites for hydroxylation is 1. The van der Waals surface area contributed by atoms with Crippen LogP contribution in [-0.2, 0) is 17.1 Å². The van der Waals surface area contributed by atoms with Crippen LogP contribution in [0.1, 0.15) is 5.56 Å². The summed E-state index contributed by atoms with van der Waals surface area (Å²) in [7, 11) is 0. The Morgan fingerprint density at radius 2 is 1.55 bits per heavy atom. The molecule has 2 N–H and O–H groups in total. The first-order chi connectivity index (χ1) is 10.1. The van der Waals surface area contributed by atoms with E-state index in [-0.39, 0.29) is 28.6 Å². The first-order valence-corrected chi connectivity index (χ1v) is 6.57. The van der Waals surface area contributed by atoms with Crippen molar-refractivity contribution in [2.75, 3.05) is 0 Å². The van der Waals surface area contributed by atoms with Gasteiger partial charge in [0.2, 0.25) is 0 Å². The summed E-state index contributed by atoms with van der Waals surface area (Å²) in [4.78, 5) is 0. The molecule has 0 aliphatic rings. The molecule has 0 atom stereocenters. The van der Waals surface area contributed by atoms with E-state index in [1.165, 1.54) is 0 Å². The van der Waals surface area contributed by atoms with Gasteiger partial charge in [0.25, 0.3) is 0 Å². The van der Waals surface area contributed by atoms with E-state index in [9.17, 15) is 10.2 Å². The summed E-state index contributed by atoms with van der Waals surface area (Å²) in [6, 6.07) is 16.1. The van der Waals surface area contributed by atoms with Crippen LogP contribution < -0.4 is 0 Å². The van der Waals surface area contributed by atoms with E-state index >= 15 is 0 Å². The van der Waals surface area contributed by atoms with Crippen LogP contribution in [0.15, 0.2) is 64.8 Å². The van der Waals surface area contributed by atoms with Gasteiger partial charge in [-0.2, -0.15) is 0 Å². The second-order valence-corrected chi connectivity index (χ2v) is 4.85. The zero-order chi connectivity index (χ0) is 14.8. The largest absolute Gasteiger partial charge is 0.506 e. The van der Waals surface area contributed by atoms with Crippen LogP contribution in [0.4, 0.5) is 11.4 Å². The van der Waals surface area contributed by atoms with Gasteiger partial charge in [-0.3, -0.25) is 0 Å². The molecule has 3 aromatic rings. The Bertz CT molecular complexity index is 847. The predicted molar refractivity (Wildman–Crippen MR) is 82.6 cm³/mol. The van der Waals surface area contributed by atoms with Gasteiger partial charge in [0.05, 0.1) is 0 Å². The van der Waals surface area contributed by atoms with E-state index in [1.54, 1.807) is 24.3 Å².